The lowest BCUT2D eigenvalue weighted by molar-refractivity contribution is -0.147. The molecule has 0 heterocycles. The van der Waals surface area contributed by atoms with E-state index in [1.54, 1.807) is 0 Å². The monoisotopic (exact) mass is 382 g/mol. The largest absolute Gasteiger partial charge is 0.463 e. The first-order valence-corrected chi connectivity index (χ1v) is 12.4. The van der Waals surface area contributed by atoms with E-state index in [9.17, 15) is 4.79 Å². The molecule has 0 fully saturated rings. The molecule has 0 aliphatic rings. The third kappa shape index (κ3) is 23.4. The van der Waals surface area contributed by atoms with E-state index in [-0.39, 0.29) is 12.1 Å². The molecule has 0 aromatic carbocycles. The van der Waals surface area contributed by atoms with Gasteiger partial charge in [-0.25, -0.2) is 0 Å². The summed E-state index contributed by atoms with van der Waals surface area (Å²) in [7, 11) is 0. The van der Waals surface area contributed by atoms with Gasteiger partial charge in [-0.2, -0.15) is 0 Å². The fraction of sp³-hybridized carbons (Fsp3) is 0.960. The van der Waals surface area contributed by atoms with Crippen molar-refractivity contribution < 1.29 is 9.53 Å². The highest BCUT2D eigenvalue weighted by Gasteiger charge is 2.04. The number of ether oxygens (including phenoxy) is 1. The van der Waals surface area contributed by atoms with Gasteiger partial charge in [-0.15, -0.1) is 0 Å². The van der Waals surface area contributed by atoms with Crippen molar-refractivity contribution in [3.63, 3.8) is 0 Å². The summed E-state index contributed by atoms with van der Waals surface area (Å²) in [6.07, 6.45) is 26.9. The second kappa shape index (κ2) is 21.8. The molecule has 27 heavy (non-hydrogen) atoms. The first-order valence-electron chi connectivity index (χ1n) is 12.4. The Hall–Kier alpha value is -0.530. The zero-order valence-corrected chi connectivity index (χ0v) is 19.0. The second-order valence-electron chi connectivity index (χ2n) is 8.65. The molecule has 0 amide bonds. The highest BCUT2D eigenvalue weighted by molar-refractivity contribution is 5.69. The maximum Gasteiger partial charge on any atom is 0.306 e. The van der Waals surface area contributed by atoms with Crippen molar-refractivity contribution in [2.75, 3.05) is 0 Å². The third-order valence-corrected chi connectivity index (χ3v) is 5.35. The van der Waals surface area contributed by atoms with Crippen LogP contribution in [0.2, 0.25) is 0 Å². The van der Waals surface area contributed by atoms with Gasteiger partial charge in [0.05, 0.1) is 6.10 Å². The van der Waals surface area contributed by atoms with Crippen molar-refractivity contribution in [3.05, 3.63) is 0 Å². The van der Waals surface area contributed by atoms with Crippen molar-refractivity contribution in [3.8, 4) is 0 Å². The van der Waals surface area contributed by atoms with Crippen LogP contribution in [0.25, 0.3) is 0 Å². The van der Waals surface area contributed by atoms with Gasteiger partial charge in [-0.3, -0.25) is 4.79 Å². The highest BCUT2D eigenvalue weighted by atomic mass is 16.5. The van der Waals surface area contributed by atoms with Gasteiger partial charge in [0, 0.05) is 6.42 Å². The van der Waals surface area contributed by atoms with E-state index in [1.807, 2.05) is 13.8 Å². The summed E-state index contributed by atoms with van der Waals surface area (Å²) in [4.78, 5) is 11.4. The molecule has 0 unspecified atom stereocenters. The maximum atomic E-state index is 11.4. The van der Waals surface area contributed by atoms with E-state index in [2.05, 4.69) is 6.92 Å². The average molecular weight is 383 g/mol. The number of hydrogen-bond donors (Lipinski definition) is 0. The standard InChI is InChI=1S/C25H50O2/c1-4-5-6-7-8-9-10-11-12-13-14-15-16-17-18-19-20-21-22-23-25(26)27-24(2)3/h24H,4-23H2,1-3H3. The van der Waals surface area contributed by atoms with E-state index >= 15 is 0 Å². The minimum Gasteiger partial charge on any atom is -0.463 e. The smallest absolute Gasteiger partial charge is 0.306 e. The molecular weight excluding hydrogens is 332 g/mol. The summed E-state index contributed by atoms with van der Waals surface area (Å²) >= 11 is 0. The van der Waals surface area contributed by atoms with Gasteiger partial charge in [0.1, 0.15) is 0 Å². The normalized spacial score (nSPS) is 11.3. The Morgan fingerprint density at radius 3 is 1.15 bits per heavy atom. The summed E-state index contributed by atoms with van der Waals surface area (Å²) in [6.45, 7) is 6.11. The summed E-state index contributed by atoms with van der Waals surface area (Å²) < 4.78 is 5.15. The van der Waals surface area contributed by atoms with Gasteiger partial charge in [0.15, 0.2) is 0 Å². The molecule has 0 aliphatic carbocycles. The average Bonchev–Trinajstić information content (AvgIpc) is 2.63. The van der Waals surface area contributed by atoms with Gasteiger partial charge < -0.3 is 4.74 Å². The number of carbonyl (C=O) groups excluding carboxylic acids is 1. The predicted octanol–water partition coefficient (Wildman–Crippen LogP) is 8.76. The summed E-state index contributed by atoms with van der Waals surface area (Å²) in [5.41, 5.74) is 0. The Bertz CT molecular complexity index is 299. The number of hydrogen-bond acceptors (Lipinski definition) is 2. The molecular formula is C25H50O2. The zero-order valence-electron chi connectivity index (χ0n) is 19.0. The van der Waals surface area contributed by atoms with Gasteiger partial charge >= 0.3 is 5.97 Å². The van der Waals surface area contributed by atoms with E-state index in [0.717, 1.165) is 6.42 Å². The van der Waals surface area contributed by atoms with Crippen LogP contribution in [0.3, 0.4) is 0 Å². The topological polar surface area (TPSA) is 26.3 Å². The number of unbranched alkanes of at least 4 members (excludes halogenated alkanes) is 18. The van der Waals surface area contributed by atoms with Crippen molar-refractivity contribution in [2.24, 2.45) is 0 Å². The molecule has 0 aromatic rings. The van der Waals surface area contributed by atoms with Crippen LogP contribution in [-0.4, -0.2) is 12.1 Å². The van der Waals surface area contributed by atoms with Gasteiger partial charge in [-0.05, 0) is 20.3 Å². The number of rotatable bonds is 21. The van der Waals surface area contributed by atoms with Gasteiger partial charge in [0.2, 0.25) is 0 Å². The molecule has 0 bridgehead atoms. The molecule has 0 aliphatic heterocycles. The first kappa shape index (κ1) is 26.5. The Morgan fingerprint density at radius 2 is 0.852 bits per heavy atom. The lowest BCUT2D eigenvalue weighted by atomic mass is 10.0. The van der Waals surface area contributed by atoms with Crippen LogP contribution in [-0.2, 0) is 9.53 Å². The minimum absolute atomic E-state index is 0.0258. The van der Waals surface area contributed by atoms with Crippen LogP contribution in [0.5, 0.6) is 0 Å². The van der Waals surface area contributed by atoms with Crippen LogP contribution < -0.4 is 0 Å². The van der Waals surface area contributed by atoms with Crippen LogP contribution in [0, 0.1) is 0 Å². The van der Waals surface area contributed by atoms with Crippen LogP contribution in [0.1, 0.15) is 149 Å². The molecule has 0 spiro atoms. The predicted molar refractivity (Wildman–Crippen MR) is 119 cm³/mol. The molecule has 0 N–H and O–H groups in total. The van der Waals surface area contributed by atoms with Gasteiger partial charge in [-0.1, -0.05) is 122 Å². The Balaban J connectivity index is 3.06. The molecule has 2 heteroatoms. The Morgan fingerprint density at radius 1 is 0.556 bits per heavy atom. The third-order valence-electron chi connectivity index (χ3n) is 5.35. The molecule has 0 saturated heterocycles. The fourth-order valence-corrected chi connectivity index (χ4v) is 3.67. The molecule has 0 atom stereocenters. The van der Waals surface area contributed by atoms with Crippen LogP contribution >= 0.6 is 0 Å². The van der Waals surface area contributed by atoms with E-state index in [1.165, 1.54) is 116 Å². The summed E-state index contributed by atoms with van der Waals surface area (Å²) in [5, 5.41) is 0. The molecule has 162 valence electrons. The zero-order chi connectivity index (χ0) is 20.0. The SMILES string of the molecule is CCCCCCCCCCCCCCCCCCCCCC(=O)OC(C)C. The van der Waals surface area contributed by atoms with Crippen molar-refractivity contribution >= 4 is 5.97 Å². The molecule has 0 aromatic heterocycles. The lowest BCUT2D eigenvalue weighted by Crippen LogP contribution is -2.10. The van der Waals surface area contributed by atoms with Gasteiger partial charge in [0.25, 0.3) is 0 Å². The second-order valence-corrected chi connectivity index (χ2v) is 8.65. The van der Waals surface area contributed by atoms with Crippen molar-refractivity contribution in [1.82, 2.24) is 0 Å². The van der Waals surface area contributed by atoms with E-state index < -0.39 is 0 Å². The first-order chi connectivity index (χ1) is 13.2. The molecule has 0 saturated carbocycles. The lowest BCUT2D eigenvalue weighted by Gasteiger charge is -2.07. The molecule has 2 nitrogen and oxygen atoms in total. The Labute approximate surface area is 171 Å². The van der Waals surface area contributed by atoms with Crippen molar-refractivity contribution in [1.29, 1.82) is 0 Å². The molecule has 0 rings (SSSR count). The summed E-state index contributed by atoms with van der Waals surface area (Å²) in [5.74, 6) is -0.0306. The number of carbonyl (C=O) groups is 1. The van der Waals surface area contributed by atoms with Crippen molar-refractivity contribution in [2.45, 2.75) is 155 Å². The van der Waals surface area contributed by atoms with E-state index in [0.29, 0.717) is 6.42 Å². The maximum absolute atomic E-state index is 11.4. The Kier molecular flexibility index (Phi) is 21.3. The fourth-order valence-electron chi connectivity index (χ4n) is 3.67. The minimum atomic E-state index is -0.0306. The van der Waals surface area contributed by atoms with E-state index in [4.69, 9.17) is 4.74 Å². The summed E-state index contributed by atoms with van der Waals surface area (Å²) in [6, 6.07) is 0. The number of esters is 1. The quantitative estimate of drug-likeness (QED) is 0.146. The van der Waals surface area contributed by atoms with Crippen LogP contribution in [0.4, 0.5) is 0 Å². The highest BCUT2D eigenvalue weighted by Crippen LogP contribution is 2.14. The molecule has 0 radical (unpaired) electrons. The van der Waals surface area contributed by atoms with Crippen LogP contribution in [0.15, 0.2) is 0 Å².